The zero-order chi connectivity index (χ0) is 16.8. The first-order chi connectivity index (χ1) is 12.3. The van der Waals surface area contributed by atoms with Crippen molar-refractivity contribution in [2.24, 2.45) is 0 Å². The SMILES string of the molecule is Clc1ccc(-c2csc3nc(Nc4nc5ccccc5[nH]4)nn23)cc1. The fraction of sp³-hybridized carbons (Fsp3) is 0. The van der Waals surface area contributed by atoms with E-state index >= 15 is 0 Å². The Kier molecular flexibility index (Phi) is 3.22. The molecule has 3 aromatic heterocycles. The Morgan fingerprint density at radius 1 is 1.04 bits per heavy atom. The summed E-state index contributed by atoms with van der Waals surface area (Å²) in [4.78, 5) is 13.0. The van der Waals surface area contributed by atoms with Crippen LogP contribution in [0.5, 0.6) is 0 Å². The standard InChI is InChI=1S/C17H11ClN6S/c18-11-7-5-10(6-8-11)14-9-25-17-22-16(23-24(14)17)21-15-19-12-3-1-2-4-13(12)20-15/h1-9H,(H2,19,20,21,23). The van der Waals surface area contributed by atoms with Gasteiger partial charge in [0.2, 0.25) is 10.9 Å². The van der Waals surface area contributed by atoms with Crippen molar-refractivity contribution >= 4 is 50.8 Å². The van der Waals surface area contributed by atoms with Crippen LogP contribution in [0.3, 0.4) is 0 Å². The topological polar surface area (TPSA) is 70.9 Å². The van der Waals surface area contributed by atoms with E-state index in [-0.39, 0.29) is 0 Å². The predicted molar refractivity (Wildman–Crippen MR) is 101 cm³/mol. The molecule has 8 heteroatoms. The highest BCUT2D eigenvalue weighted by Crippen LogP contribution is 2.27. The summed E-state index contributed by atoms with van der Waals surface area (Å²) < 4.78 is 1.82. The summed E-state index contributed by atoms with van der Waals surface area (Å²) in [5, 5.41) is 10.4. The predicted octanol–water partition coefficient (Wildman–Crippen LogP) is 4.73. The van der Waals surface area contributed by atoms with E-state index < -0.39 is 0 Å². The number of aromatic nitrogens is 5. The number of aromatic amines is 1. The van der Waals surface area contributed by atoms with Crippen LogP contribution in [-0.4, -0.2) is 24.6 Å². The van der Waals surface area contributed by atoms with Gasteiger partial charge in [0, 0.05) is 16.0 Å². The highest BCUT2D eigenvalue weighted by molar-refractivity contribution is 7.15. The molecule has 0 unspecified atom stereocenters. The molecule has 5 rings (SSSR count). The van der Waals surface area contributed by atoms with E-state index in [9.17, 15) is 0 Å². The van der Waals surface area contributed by atoms with Crippen LogP contribution in [0.15, 0.2) is 53.9 Å². The van der Waals surface area contributed by atoms with Gasteiger partial charge >= 0.3 is 0 Å². The van der Waals surface area contributed by atoms with Crippen LogP contribution < -0.4 is 5.32 Å². The molecule has 2 aromatic carbocycles. The minimum absolute atomic E-state index is 0.501. The lowest BCUT2D eigenvalue weighted by atomic mass is 10.2. The van der Waals surface area contributed by atoms with E-state index in [1.807, 2.05) is 58.4 Å². The molecule has 6 nitrogen and oxygen atoms in total. The summed E-state index contributed by atoms with van der Waals surface area (Å²) >= 11 is 7.50. The molecule has 0 saturated carbocycles. The molecule has 0 aliphatic carbocycles. The number of para-hydroxylation sites is 2. The minimum Gasteiger partial charge on any atom is -0.324 e. The number of rotatable bonds is 3. The van der Waals surface area contributed by atoms with Crippen LogP contribution in [0.4, 0.5) is 11.9 Å². The number of anilines is 2. The lowest BCUT2D eigenvalue weighted by Gasteiger charge is -1.99. The number of nitrogens with zero attached hydrogens (tertiary/aromatic N) is 4. The summed E-state index contributed by atoms with van der Waals surface area (Å²) in [5.74, 6) is 1.12. The number of nitrogens with one attached hydrogen (secondary N) is 2. The second kappa shape index (κ2) is 5.58. The Balaban J connectivity index is 1.51. The maximum Gasteiger partial charge on any atom is 0.250 e. The number of fused-ring (bicyclic) bond motifs is 2. The van der Waals surface area contributed by atoms with Crippen molar-refractivity contribution in [3.05, 3.63) is 58.9 Å². The molecule has 0 aliphatic heterocycles. The van der Waals surface area contributed by atoms with Gasteiger partial charge in [0.1, 0.15) is 0 Å². The van der Waals surface area contributed by atoms with Crippen LogP contribution >= 0.6 is 22.9 Å². The van der Waals surface area contributed by atoms with Gasteiger partial charge in [-0.1, -0.05) is 35.9 Å². The molecule has 0 radical (unpaired) electrons. The Bertz CT molecular complexity index is 1150. The average molecular weight is 367 g/mol. The van der Waals surface area contributed by atoms with Crippen LogP contribution in [0.1, 0.15) is 0 Å². The maximum atomic E-state index is 5.97. The Morgan fingerprint density at radius 2 is 1.88 bits per heavy atom. The van der Waals surface area contributed by atoms with Crippen molar-refractivity contribution in [3.8, 4) is 11.3 Å². The number of hydrogen-bond donors (Lipinski definition) is 2. The van der Waals surface area contributed by atoms with Gasteiger partial charge in [0.25, 0.3) is 5.95 Å². The van der Waals surface area contributed by atoms with Crippen molar-refractivity contribution in [3.63, 3.8) is 0 Å². The molecule has 25 heavy (non-hydrogen) atoms. The van der Waals surface area contributed by atoms with Gasteiger partial charge in [-0.15, -0.1) is 16.4 Å². The molecular weight excluding hydrogens is 356 g/mol. The second-order valence-corrected chi connectivity index (χ2v) is 6.76. The molecule has 0 spiro atoms. The molecule has 2 N–H and O–H groups in total. The van der Waals surface area contributed by atoms with Crippen molar-refractivity contribution in [2.75, 3.05) is 5.32 Å². The zero-order valence-corrected chi connectivity index (χ0v) is 14.3. The molecule has 5 aromatic rings. The van der Waals surface area contributed by atoms with Gasteiger partial charge in [-0.05, 0) is 24.3 Å². The maximum absolute atomic E-state index is 5.97. The van der Waals surface area contributed by atoms with Gasteiger partial charge in [-0.25, -0.2) is 9.50 Å². The fourth-order valence-electron chi connectivity index (χ4n) is 2.67. The highest BCUT2D eigenvalue weighted by atomic mass is 35.5. The molecule has 0 aliphatic rings. The van der Waals surface area contributed by atoms with Crippen LogP contribution in [0.25, 0.3) is 27.3 Å². The van der Waals surface area contributed by atoms with Crippen LogP contribution in [0.2, 0.25) is 5.02 Å². The van der Waals surface area contributed by atoms with Gasteiger partial charge in [0.05, 0.1) is 16.7 Å². The summed E-state index contributed by atoms with van der Waals surface area (Å²) in [6.45, 7) is 0. The van der Waals surface area contributed by atoms with E-state index in [1.165, 1.54) is 11.3 Å². The van der Waals surface area contributed by atoms with Crippen molar-refractivity contribution in [1.29, 1.82) is 0 Å². The second-order valence-electron chi connectivity index (χ2n) is 5.49. The van der Waals surface area contributed by atoms with E-state index in [1.54, 1.807) is 0 Å². The van der Waals surface area contributed by atoms with Crippen LogP contribution in [-0.2, 0) is 0 Å². The summed E-state index contributed by atoms with van der Waals surface area (Å²) in [7, 11) is 0. The third-order valence-electron chi connectivity index (χ3n) is 3.84. The zero-order valence-electron chi connectivity index (χ0n) is 12.8. The molecule has 0 fully saturated rings. The molecule has 0 bridgehead atoms. The number of imidazole rings is 1. The summed E-state index contributed by atoms with van der Waals surface area (Å²) in [6, 6.07) is 15.5. The van der Waals surface area contributed by atoms with E-state index in [0.29, 0.717) is 16.9 Å². The van der Waals surface area contributed by atoms with E-state index in [0.717, 1.165) is 27.3 Å². The van der Waals surface area contributed by atoms with Gasteiger partial charge in [-0.3, -0.25) is 5.32 Å². The van der Waals surface area contributed by atoms with E-state index in [4.69, 9.17) is 11.6 Å². The average Bonchev–Trinajstić information content (AvgIpc) is 3.29. The first-order valence-electron chi connectivity index (χ1n) is 7.58. The third kappa shape index (κ3) is 2.54. The normalized spacial score (nSPS) is 11.4. The monoisotopic (exact) mass is 366 g/mol. The number of thiazole rings is 1. The fourth-order valence-corrected chi connectivity index (χ4v) is 3.63. The molecule has 3 heterocycles. The van der Waals surface area contributed by atoms with Gasteiger partial charge < -0.3 is 4.98 Å². The first-order valence-corrected chi connectivity index (χ1v) is 8.84. The minimum atomic E-state index is 0.501. The molecule has 0 saturated heterocycles. The summed E-state index contributed by atoms with van der Waals surface area (Å²) in [6.07, 6.45) is 0. The molecule has 0 amide bonds. The summed E-state index contributed by atoms with van der Waals surface area (Å²) in [5.41, 5.74) is 3.87. The van der Waals surface area contributed by atoms with Crippen molar-refractivity contribution < 1.29 is 0 Å². The van der Waals surface area contributed by atoms with Crippen molar-refractivity contribution in [2.45, 2.75) is 0 Å². The van der Waals surface area contributed by atoms with Crippen molar-refractivity contribution in [1.82, 2.24) is 24.6 Å². The largest absolute Gasteiger partial charge is 0.324 e. The quantitative estimate of drug-likeness (QED) is 0.484. The van der Waals surface area contributed by atoms with E-state index in [2.05, 4.69) is 25.4 Å². The number of benzene rings is 2. The third-order valence-corrected chi connectivity index (χ3v) is 4.91. The Labute approximate surface area is 151 Å². The lowest BCUT2D eigenvalue weighted by molar-refractivity contribution is 0.986. The number of halogens is 1. The van der Waals surface area contributed by atoms with Gasteiger partial charge in [0.15, 0.2) is 0 Å². The first kappa shape index (κ1) is 14.4. The Hall–Kier alpha value is -2.90. The lowest BCUT2D eigenvalue weighted by Crippen LogP contribution is -1.95. The highest BCUT2D eigenvalue weighted by Gasteiger charge is 2.12. The molecule has 122 valence electrons. The molecular formula is C17H11ClN6S. The Morgan fingerprint density at radius 3 is 2.72 bits per heavy atom. The van der Waals surface area contributed by atoms with Crippen LogP contribution in [0, 0.1) is 0 Å². The number of H-pyrrole nitrogens is 1. The van der Waals surface area contributed by atoms with Gasteiger partial charge in [-0.2, -0.15) is 4.98 Å². The molecule has 0 atom stereocenters. The smallest absolute Gasteiger partial charge is 0.250 e. The number of hydrogen-bond acceptors (Lipinski definition) is 5.